The lowest BCUT2D eigenvalue weighted by atomic mass is 10.2. The molecule has 0 aliphatic carbocycles. The molecule has 1 aromatic rings. The van der Waals surface area contributed by atoms with Crippen molar-refractivity contribution in [1.82, 2.24) is 5.32 Å². The smallest absolute Gasteiger partial charge is 0.328 e. The molecule has 0 aromatic carbocycles. The summed E-state index contributed by atoms with van der Waals surface area (Å²) < 4.78 is 5.14. The first-order valence-electron chi connectivity index (χ1n) is 4.67. The Morgan fingerprint density at radius 2 is 2.12 bits per heavy atom. The van der Waals surface area contributed by atoms with Crippen LogP contribution in [0.1, 0.15) is 21.9 Å². The third kappa shape index (κ3) is 2.60. The lowest BCUT2D eigenvalue weighted by Crippen LogP contribution is -2.43. The zero-order valence-electron chi connectivity index (χ0n) is 8.98. The molecule has 16 heavy (non-hydrogen) atoms. The Hall–Kier alpha value is -1.82. The second kappa shape index (κ2) is 4.80. The Kier molecular flexibility index (Phi) is 3.68. The molecule has 0 saturated heterocycles. The van der Waals surface area contributed by atoms with Crippen molar-refractivity contribution in [2.24, 2.45) is 0 Å². The molecule has 1 heterocycles. The number of carbonyl (C=O) groups excluding carboxylic acids is 1. The molecule has 0 unspecified atom stereocenters. The van der Waals surface area contributed by atoms with Gasteiger partial charge in [-0.2, -0.15) is 0 Å². The van der Waals surface area contributed by atoms with Gasteiger partial charge < -0.3 is 19.9 Å². The van der Waals surface area contributed by atoms with Crippen molar-refractivity contribution in [1.29, 1.82) is 0 Å². The van der Waals surface area contributed by atoms with Crippen molar-refractivity contribution in [3.05, 3.63) is 23.2 Å². The molecular weight excluding hydrogens is 214 g/mol. The largest absolute Gasteiger partial charge is 0.480 e. The Labute approximate surface area is 91.9 Å². The Morgan fingerprint density at radius 3 is 2.50 bits per heavy atom. The van der Waals surface area contributed by atoms with E-state index in [0.717, 1.165) is 0 Å². The lowest BCUT2D eigenvalue weighted by Gasteiger charge is -2.10. The van der Waals surface area contributed by atoms with Gasteiger partial charge in [0.2, 0.25) is 0 Å². The summed E-state index contributed by atoms with van der Waals surface area (Å²) in [7, 11) is 0. The first-order chi connectivity index (χ1) is 7.45. The third-order valence-electron chi connectivity index (χ3n) is 2.07. The summed E-state index contributed by atoms with van der Waals surface area (Å²) >= 11 is 0. The van der Waals surface area contributed by atoms with Crippen LogP contribution in [0.4, 0.5) is 0 Å². The van der Waals surface area contributed by atoms with E-state index in [1.165, 1.54) is 6.07 Å². The van der Waals surface area contributed by atoms with E-state index in [1.54, 1.807) is 13.8 Å². The van der Waals surface area contributed by atoms with Crippen LogP contribution < -0.4 is 5.32 Å². The van der Waals surface area contributed by atoms with Gasteiger partial charge in [-0.25, -0.2) is 4.79 Å². The van der Waals surface area contributed by atoms with Crippen molar-refractivity contribution in [3.63, 3.8) is 0 Å². The summed E-state index contributed by atoms with van der Waals surface area (Å²) in [6, 6.07) is 0.211. The van der Waals surface area contributed by atoms with Crippen LogP contribution in [-0.2, 0) is 4.79 Å². The van der Waals surface area contributed by atoms with Crippen LogP contribution in [0, 0.1) is 13.8 Å². The first kappa shape index (κ1) is 12.3. The van der Waals surface area contributed by atoms with Crippen LogP contribution in [-0.4, -0.2) is 34.7 Å². The molecule has 6 nitrogen and oxygen atoms in total. The topological polar surface area (TPSA) is 99.8 Å². The number of amides is 1. The number of aliphatic hydroxyl groups is 1. The fraction of sp³-hybridized carbons (Fsp3) is 0.400. The zero-order valence-corrected chi connectivity index (χ0v) is 8.98. The van der Waals surface area contributed by atoms with E-state index in [-0.39, 0.29) is 5.56 Å². The summed E-state index contributed by atoms with van der Waals surface area (Å²) in [4.78, 5) is 22.2. The SMILES string of the molecule is Cc1cc(C(=O)N[C@H](CO)C(=O)O)c(C)o1. The van der Waals surface area contributed by atoms with Crippen molar-refractivity contribution >= 4 is 11.9 Å². The van der Waals surface area contributed by atoms with Gasteiger partial charge >= 0.3 is 5.97 Å². The average Bonchev–Trinajstić information content (AvgIpc) is 2.53. The summed E-state index contributed by atoms with van der Waals surface area (Å²) in [5.74, 6) is -0.875. The highest BCUT2D eigenvalue weighted by atomic mass is 16.4. The quantitative estimate of drug-likeness (QED) is 0.676. The maximum atomic E-state index is 11.6. The average molecular weight is 227 g/mol. The summed E-state index contributed by atoms with van der Waals surface area (Å²) in [6.07, 6.45) is 0. The summed E-state index contributed by atoms with van der Waals surface area (Å²) in [5, 5.41) is 19.6. The molecule has 0 aliphatic rings. The normalized spacial score (nSPS) is 12.2. The van der Waals surface area contributed by atoms with Gasteiger partial charge in [-0.05, 0) is 19.9 Å². The molecule has 0 fully saturated rings. The number of carboxylic acid groups (broad SMARTS) is 1. The molecule has 0 bridgehead atoms. The number of carboxylic acids is 1. The van der Waals surface area contributed by atoms with E-state index in [2.05, 4.69) is 5.32 Å². The monoisotopic (exact) mass is 227 g/mol. The molecule has 6 heteroatoms. The van der Waals surface area contributed by atoms with E-state index in [0.29, 0.717) is 11.5 Å². The van der Waals surface area contributed by atoms with Crippen LogP contribution in [0.5, 0.6) is 0 Å². The number of hydrogen-bond acceptors (Lipinski definition) is 4. The molecule has 0 radical (unpaired) electrons. The Morgan fingerprint density at radius 1 is 1.50 bits per heavy atom. The number of aliphatic carboxylic acids is 1. The standard InChI is InChI=1S/C10H13NO5/c1-5-3-7(6(2)16-5)9(13)11-8(4-12)10(14)15/h3,8,12H,4H2,1-2H3,(H,11,13)(H,14,15)/t8-/m1/s1. The number of hydrogen-bond donors (Lipinski definition) is 3. The van der Waals surface area contributed by atoms with Crippen LogP contribution in [0.3, 0.4) is 0 Å². The van der Waals surface area contributed by atoms with Crippen molar-refractivity contribution in [2.45, 2.75) is 19.9 Å². The van der Waals surface area contributed by atoms with Crippen LogP contribution >= 0.6 is 0 Å². The first-order valence-corrected chi connectivity index (χ1v) is 4.67. The minimum Gasteiger partial charge on any atom is -0.480 e. The number of furan rings is 1. The van der Waals surface area contributed by atoms with Crippen LogP contribution in [0.2, 0.25) is 0 Å². The van der Waals surface area contributed by atoms with Gasteiger partial charge in [0.15, 0.2) is 6.04 Å². The van der Waals surface area contributed by atoms with E-state index in [9.17, 15) is 9.59 Å². The Balaban J connectivity index is 2.79. The van der Waals surface area contributed by atoms with Crippen LogP contribution in [0.15, 0.2) is 10.5 Å². The molecular formula is C10H13NO5. The molecule has 1 aromatic heterocycles. The maximum absolute atomic E-state index is 11.6. The number of carbonyl (C=O) groups is 2. The van der Waals surface area contributed by atoms with Gasteiger partial charge in [0, 0.05) is 0 Å². The molecule has 1 atom stereocenters. The van der Waals surface area contributed by atoms with Crippen LogP contribution in [0.25, 0.3) is 0 Å². The predicted molar refractivity (Wildman–Crippen MR) is 54.2 cm³/mol. The van der Waals surface area contributed by atoms with Crippen molar-refractivity contribution < 1.29 is 24.2 Å². The lowest BCUT2D eigenvalue weighted by molar-refractivity contribution is -0.140. The molecule has 1 amide bonds. The highest BCUT2D eigenvalue weighted by Crippen LogP contribution is 2.13. The van der Waals surface area contributed by atoms with Crippen molar-refractivity contribution in [2.75, 3.05) is 6.61 Å². The molecule has 3 N–H and O–H groups in total. The summed E-state index contributed by atoms with van der Waals surface area (Å²) in [5.41, 5.74) is 0.275. The second-order valence-electron chi connectivity index (χ2n) is 3.37. The fourth-order valence-electron chi connectivity index (χ4n) is 1.28. The predicted octanol–water partition coefficient (Wildman–Crippen LogP) is 0.0717. The molecule has 0 aliphatic heterocycles. The third-order valence-corrected chi connectivity index (χ3v) is 2.07. The summed E-state index contributed by atoms with van der Waals surface area (Å²) in [6.45, 7) is 2.64. The number of rotatable bonds is 4. The Bertz CT molecular complexity index is 409. The van der Waals surface area contributed by atoms with Gasteiger partial charge in [-0.3, -0.25) is 4.79 Å². The minimum atomic E-state index is -1.30. The molecule has 1 rings (SSSR count). The molecule has 0 saturated carbocycles. The number of nitrogens with one attached hydrogen (secondary N) is 1. The van der Waals surface area contributed by atoms with Gasteiger partial charge in [0.1, 0.15) is 11.5 Å². The molecule has 88 valence electrons. The van der Waals surface area contributed by atoms with Gasteiger partial charge in [-0.1, -0.05) is 0 Å². The van der Waals surface area contributed by atoms with Gasteiger partial charge in [0.05, 0.1) is 12.2 Å². The number of aryl methyl sites for hydroxylation is 2. The van der Waals surface area contributed by atoms with Crippen molar-refractivity contribution in [3.8, 4) is 0 Å². The minimum absolute atomic E-state index is 0.275. The van der Waals surface area contributed by atoms with E-state index < -0.39 is 24.5 Å². The van der Waals surface area contributed by atoms with E-state index >= 15 is 0 Å². The molecule has 0 spiro atoms. The van der Waals surface area contributed by atoms with E-state index in [1.807, 2.05) is 0 Å². The zero-order chi connectivity index (χ0) is 12.3. The van der Waals surface area contributed by atoms with Gasteiger partial charge in [-0.15, -0.1) is 0 Å². The second-order valence-corrected chi connectivity index (χ2v) is 3.37. The number of aliphatic hydroxyl groups excluding tert-OH is 1. The highest BCUT2D eigenvalue weighted by Gasteiger charge is 2.21. The maximum Gasteiger partial charge on any atom is 0.328 e. The fourth-order valence-corrected chi connectivity index (χ4v) is 1.28. The van der Waals surface area contributed by atoms with E-state index in [4.69, 9.17) is 14.6 Å². The van der Waals surface area contributed by atoms with Gasteiger partial charge in [0.25, 0.3) is 5.91 Å². The highest BCUT2D eigenvalue weighted by molar-refractivity contribution is 5.97.